The van der Waals surface area contributed by atoms with Crippen molar-refractivity contribution in [3.8, 4) is 45.6 Å². The van der Waals surface area contributed by atoms with Gasteiger partial charge in [-0.3, -0.25) is 9.78 Å². The van der Waals surface area contributed by atoms with Crippen LogP contribution in [0.5, 0.6) is 17.2 Å². The van der Waals surface area contributed by atoms with Gasteiger partial charge in [0.25, 0.3) is 0 Å². The monoisotopic (exact) mass is 750 g/mol. The fourth-order valence-corrected chi connectivity index (χ4v) is 6.15. The Morgan fingerprint density at radius 1 is 0.907 bits per heavy atom. The number of carbonyl (C=O) groups is 1. The van der Waals surface area contributed by atoms with E-state index in [1.165, 1.54) is 6.20 Å². The predicted octanol–water partition coefficient (Wildman–Crippen LogP) is 6.34. The lowest BCUT2D eigenvalue weighted by molar-refractivity contribution is -0.139. The molecule has 0 spiro atoms. The predicted molar refractivity (Wildman–Crippen MR) is 206 cm³/mol. The van der Waals surface area contributed by atoms with E-state index in [1.54, 1.807) is 24.4 Å². The van der Waals surface area contributed by atoms with Crippen LogP contribution in [0, 0.1) is 25.2 Å². The van der Waals surface area contributed by atoms with E-state index in [0.29, 0.717) is 39.0 Å². The maximum absolute atomic E-state index is 11.0. The highest BCUT2D eigenvalue weighted by Crippen LogP contribution is 2.37. The van der Waals surface area contributed by atoms with Crippen molar-refractivity contribution in [3.05, 3.63) is 130 Å². The second kappa shape index (κ2) is 19.0. The number of benzene rings is 4. The maximum atomic E-state index is 11.0. The number of nitrogens with zero attached hydrogens (tertiary/aromatic N) is 2. The third-order valence-electron chi connectivity index (χ3n) is 8.86. The molecule has 1 heterocycles. The van der Waals surface area contributed by atoms with Crippen LogP contribution in [0.4, 0.5) is 0 Å². The SMILES string of the molecule is Cc1c(COc2cc(OCc3cncc(C#N)c3)c(CNC[C@@H](O)CC(=O)O)cc2Cl)cccc1-c1cccc(-c2ccc(OC[C@@H](N)CO)cc2)c1C. The summed E-state index contributed by atoms with van der Waals surface area (Å²) in [6.07, 6.45) is 1.64. The van der Waals surface area contributed by atoms with E-state index in [4.69, 9.17) is 36.7 Å². The zero-order chi connectivity index (χ0) is 38.6. The molecule has 11 nitrogen and oxygen atoms in total. The number of hydrogen-bond acceptors (Lipinski definition) is 10. The lowest BCUT2D eigenvalue weighted by Gasteiger charge is -2.18. The number of halogens is 1. The molecule has 0 fully saturated rings. The molecule has 280 valence electrons. The number of hydrogen-bond donors (Lipinski definition) is 5. The van der Waals surface area contributed by atoms with Crippen molar-refractivity contribution in [3.63, 3.8) is 0 Å². The Morgan fingerprint density at radius 2 is 1.61 bits per heavy atom. The number of carboxylic acid groups (broad SMARTS) is 1. The number of aliphatic hydroxyl groups excluding tert-OH is 2. The van der Waals surface area contributed by atoms with Gasteiger partial charge < -0.3 is 40.6 Å². The van der Waals surface area contributed by atoms with Gasteiger partial charge in [0, 0.05) is 42.7 Å². The molecule has 0 aliphatic carbocycles. The summed E-state index contributed by atoms with van der Waals surface area (Å²) >= 11 is 6.74. The molecule has 0 amide bonds. The third-order valence-corrected chi connectivity index (χ3v) is 9.15. The van der Waals surface area contributed by atoms with Crippen molar-refractivity contribution < 1.29 is 34.3 Å². The summed E-state index contributed by atoms with van der Waals surface area (Å²) in [5.41, 5.74) is 15.0. The Bertz CT molecular complexity index is 2100. The normalized spacial score (nSPS) is 12.1. The van der Waals surface area contributed by atoms with Gasteiger partial charge in [-0.2, -0.15) is 5.26 Å². The van der Waals surface area contributed by atoms with Crippen LogP contribution in [0.2, 0.25) is 5.02 Å². The highest BCUT2D eigenvalue weighted by atomic mass is 35.5. The Balaban J connectivity index is 1.35. The molecule has 0 bridgehead atoms. The standard InChI is InChI=1S/C42H43ClN4O7/c1-26-31(5-3-7-37(26)38-8-4-6-36(27(38)2)30-9-11-35(12-10-30)52-25-33(45)22-48)24-54-41-16-40(53-23-29-13-28(17-44)18-46-19-29)32(14-39(41)43)20-47-21-34(49)15-42(50)51/h3-14,16,18-19,33-34,47-49H,15,20-25,45H2,1-2H3,(H,50,51)/t33-,34-/m0/s1. The highest BCUT2D eigenvalue weighted by molar-refractivity contribution is 6.32. The second-order valence-electron chi connectivity index (χ2n) is 12.9. The molecule has 0 saturated heterocycles. The molecule has 2 atom stereocenters. The summed E-state index contributed by atoms with van der Waals surface area (Å²) < 4.78 is 18.2. The summed E-state index contributed by atoms with van der Waals surface area (Å²) in [5, 5.41) is 40.9. The van der Waals surface area contributed by atoms with Gasteiger partial charge in [-0.25, -0.2) is 0 Å². The van der Waals surface area contributed by atoms with Gasteiger partial charge in [-0.15, -0.1) is 0 Å². The van der Waals surface area contributed by atoms with Crippen molar-refractivity contribution in [1.29, 1.82) is 5.26 Å². The largest absolute Gasteiger partial charge is 0.492 e. The molecule has 54 heavy (non-hydrogen) atoms. The molecule has 4 aromatic carbocycles. The molecular formula is C42H43ClN4O7. The van der Waals surface area contributed by atoms with Crippen LogP contribution in [0.3, 0.4) is 0 Å². The maximum Gasteiger partial charge on any atom is 0.306 e. The minimum atomic E-state index is -1.09. The first-order chi connectivity index (χ1) is 26.1. The molecule has 0 unspecified atom stereocenters. The van der Waals surface area contributed by atoms with Gasteiger partial charge in [-0.05, 0) is 77.1 Å². The Labute approximate surface area is 319 Å². The number of ether oxygens (including phenoxy) is 3. The average molecular weight is 751 g/mol. The van der Waals surface area contributed by atoms with Crippen molar-refractivity contribution in [2.24, 2.45) is 5.73 Å². The summed E-state index contributed by atoms with van der Waals surface area (Å²) in [6, 6.07) is 26.9. The van der Waals surface area contributed by atoms with Crippen LogP contribution >= 0.6 is 11.6 Å². The van der Waals surface area contributed by atoms with Crippen LogP contribution in [0.15, 0.2) is 91.3 Å². The Hall–Kier alpha value is -5.48. The van der Waals surface area contributed by atoms with Crippen LogP contribution in [-0.2, 0) is 24.6 Å². The van der Waals surface area contributed by atoms with E-state index in [0.717, 1.165) is 38.9 Å². The fourth-order valence-electron chi connectivity index (χ4n) is 5.91. The average Bonchev–Trinajstić information content (AvgIpc) is 3.17. The smallest absolute Gasteiger partial charge is 0.306 e. The Kier molecular flexibility index (Phi) is 14.0. The first-order valence-corrected chi connectivity index (χ1v) is 17.7. The zero-order valence-electron chi connectivity index (χ0n) is 30.1. The first-order valence-electron chi connectivity index (χ1n) is 17.4. The summed E-state index contributed by atoms with van der Waals surface area (Å²) in [6.45, 7) is 4.90. The number of pyridine rings is 1. The lowest BCUT2D eigenvalue weighted by atomic mass is 9.89. The highest BCUT2D eigenvalue weighted by Gasteiger charge is 2.16. The summed E-state index contributed by atoms with van der Waals surface area (Å²) in [4.78, 5) is 15.1. The van der Waals surface area contributed by atoms with Crippen LogP contribution in [0.25, 0.3) is 22.3 Å². The van der Waals surface area contributed by atoms with Gasteiger partial charge >= 0.3 is 5.97 Å². The number of aliphatic carboxylic acids is 1. The number of carboxylic acids is 1. The molecule has 5 aromatic rings. The topological polar surface area (TPSA) is 180 Å². The van der Waals surface area contributed by atoms with Gasteiger partial charge in [-0.1, -0.05) is 60.1 Å². The number of aliphatic hydroxyl groups is 2. The summed E-state index contributed by atoms with van der Waals surface area (Å²) in [5.74, 6) is 0.452. The van der Waals surface area contributed by atoms with E-state index in [9.17, 15) is 20.3 Å². The van der Waals surface area contributed by atoms with Gasteiger partial charge in [0.2, 0.25) is 0 Å². The number of nitrogens with two attached hydrogens (primary N) is 1. The molecule has 12 heteroatoms. The minimum Gasteiger partial charge on any atom is -0.492 e. The summed E-state index contributed by atoms with van der Waals surface area (Å²) in [7, 11) is 0. The van der Waals surface area contributed by atoms with Crippen LogP contribution in [0.1, 0.15) is 39.8 Å². The molecule has 5 rings (SSSR count). The van der Waals surface area contributed by atoms with Gasteiger partial charge in [0.05, 0.1) is 35.8 Å². The van der Waals surface area contributed by atoms with Crippen molar-refractivity contribution >= 4 is 17.6 Å². The molecule has 1 aromatic heterocycles. The number of aromatic nitrogens is 1. The van der Waals surface area contributed by atoms with Crippen molar-refractivity contribution in [2.75, 3.05) is 19.8 Å². The zero-order valence-corrected chi connectivity index (χ0v) is 30.8. The quantitative estimate of drug-likeness (QED) is 0.0675. The van der Waals surface area contributed by atoms with Gasteiger partial charge in [0.15, 0.2) is 0 Å². The number of nitriles is 1. The van der Waals surface area contributed by atoms with Crippen molar-refractivity contribution in [2.45, 2.75) is 52.2 Å². The molecule has 0 aliphatic rings. The minimum absolute atomic E-state index is 0.0523. The molecule has 0 aliphatic heterocycles. The van der Waals surface area contributed by atoms with Gasteiger partial charge in [0.1, 0.15) is 43.1 Å². The van der Waals surface area contributed by atoms with Crippen LogP contribution in [-0.4, -0.2) is 58.2 Å². The number of rotatable bonds is 18. The lowest BCUT2D eigenvalue weighted by Crippen LogP contribution is -2.31. The van der Waals surface area contributed by atoms with Crippen LogP contribution < -0.4 is 25.3 Å². The number of nitrogens with one attached hydrogen (secondary N) is 1. The molecule has 0 radical (unpaired) electrons. The van der Waals surface area contributed by atoms with E-state index in [-0.39, 0.29) is 45.9 Å². The van der Waals surface area contributed by atoms with E-state index >= 15 is 0 Å². The van der Waals surface area contributed by atoms with E-state index < -0.39 is 18.1 Å². The first kappa shape index (κ1) is 39.7. The molecular weight excluding hydrogens is 708 g/mol. The van der Waals surface area contributed by atoms with E-state index in [2.05, 4.69) is 48.4 Å². The Morgan fingerprint density at radius 3 is 2.33 bits per heavy atom. The van der Waals surface area contributed by atoms with E-state index in [1.807, 2.05) is 42.5 Å². The second-order valence-corrected chi connectivity index (χ2v) is 13.3. The molecule has 0 saturated carbocycles. The van der Waals surface area contributed by atoms with Crippen molar-refractivity contribution in [1.82, 2.24) is 10.3 Å². The third kappa shape index (κ3) is 10.6. The fraction of sp³-hybridized carbons (Fsp3) is 0.262. The molecule has 6 N–H and O–H groups in total.